The Morgan fingerprint density at radius 1 is 1.18 bits per heavy atom. The van der Waals surface area contributed by atoms with E-state index in [1.54, 1.807) is 12.1 Å². The Bertz CT molecular complexity index is 1150. The van der Waals surface area contributed by atoms with Crippen LogP contribution < -0.4 is 0 Å². The van der Waals surface area contributed by atoms with E-state index in [4.69, 9.17) is 12.2 Å². The molecular formula is C22H25N3O2S. The minimum Gasteiger partial charge on any atom is -0.508 e. The molecule has 2 heterocycles. The van der Waals surface area contributed by atoms with E-state index in [0.717, 1.165) is 39.2 Å². The van der Waals surface area contributed by atoms with Crippen LogP contribution in [0.4, 0.5) is 0 Å². The number of phenols is 2. The van der Waals surface area contributed by atoms with E-state index in [9.17, 15) is 10.2 Å². The maximum Gasteiger partial charge on any atom is 0.128 e. The monoisotopic (exact) mass is 395 g/mol. The Kier molecular flexibility index (Phi) is 5.34. The van der Waals surface area contributed by atoms with Gasteiger partial charge in [0, 0.05) is 34.1 Å². The number of hydrogen-bond acceptors (Lipinski definition) is 3. The SMILES string of the molecule is C=Cc1[nH]c(C)c(C)c1/C=C(\C)c1c(-c2cc(CC)c(O)cc2O)[nH][nH]c1=S. The van der Waals surface area contributed by atoms with Crippen molar-refractivity contribution in [3.63, 3.8) is 0 Å². The summed E-state index contributed by atoms with van der Waals surface area (Å²) in [4.78, 5) is 3.33. The van der Waals surface area contributed by atoms with Crippen molar-refractivity contribution in [2.75, 3.05) is 0 Å². The summed E-state index contributed by atoms with van der Waals surface area (Å²) in [7, 11) is 0. The van der Waals surface area contributed by atoms with Crippen LogP contribution in [0.15, 0.2) is 18.7 Å². The molecule has 0 saturated carbocycles. The predicted molar refractivity (Wildman–Crippen MR) is 118 cm³/mol. The van der Waals surface area contributed by atoms with Gasteiger partial charge >= 0.3 is 0 Å². The van der Waals surface area contributed by atoms with Crippen molar-refractivity contribution >= 4 is 29.9 Å². The fraction of sp³-hybridized carbons (Fsp3) is 0.227. The molecule has 5 N–H and O–H groups in total. The van der Waals surface area contributed by atoms with Gasteiger partial charge in [-0.15, -0.1) is 0 Å². The second-order valence-electron chi connectivity index (χ2n) is 6.91. The van der Waals surface area contributed by atoms with Crippen LogP contribution in [0.5, 0.6) is 11.5 Å². The molecule has 3 aromatic rings. The van der Waals surface area contributed by atoms with Crippen molar-refractivity contribution in [2.24, 2.45) is 0 Å². The topological polar surface area (TPSA) is 87.8 Å². The van der Waals surface area contributed by atoms with Gasteiger partial charge in [0.05, 0.1) is 5.69 Å². The second-order valence-corrected chi connectivity index (χ2v) is 7.32. The predicted octanol–water partition coefficient (Wildman–Crippen LogP) is 5.86. The number of aromatic hydroxyl groups is 2. The van der Waals surface area contributed by atoms with Crippen LogP contribution >= 0.6 is 12.2 Å². The molecule has 1 aromatic carbocycles. The summed E-state index contributed by atoms with van der Waals surface area (Å²) in [5.74, 6) is 0.0789. The van der Waals surface area contributed by atoms with E-state index in [1.807, 2.05) is 20.8 Å². The Morgan fingerprint density at radius 2 is 1.89 bits per heavy atom. The molecule has 146 valence electrons. The minimum absolute atomic E-state index is 0.00514. The number of allylic oxidation sites excluding steroid dienone is 1. The molecular weight excluding hydrogens is 370 g/mol. The van der Waals surface area contributed by atoms with Gasteiger partial charge in [-0.1, -0.05) is 25.7 Å². The standard InChI is InChI=1S/C22H25N3O2S/c1-6-14-9-16(19(27)10-18(14)26)21-20(22(28)25-24-21)11(3)8-15-12(4)13(5)23-17(15)7-2/h7-10,23,26-27H,2,6H2,1,3-5H3,(H2,24,25,28)/b11-8+. The fourth-order valence-corrected chi connectivity index (χ4v) is 3.76. The van der Waals surface area contributed by atoms with Gasteiger partial charge in [0.15, 0.2) is 0 Å². The molecule has 0 unspecified atom stereocenters. The molecule has 0 spiro atoms. The molecule has 0 aliphatic heterocycles. The molecule has 0 atom stereocenters. The molecule has 3 rings (SSSR count). The second kappa shape index (κ2) is 7.56. The summed E-state index contributed by atoms with van der Waals surface area (Å²) in [5.41, 5.74) is 8.08. The van der Waals surface area contributed by atoms with E-state index in [0.29, 0.717) is 22.3 Å². The lowest BCUT2D eigenvalue weighted by molar-refractivity contribution is 0.447. The normalized spacial score (nSPS) is 11.8. The third kappa shape index (κ3) is 3.31. The fourth-order valence-electron chi connectivity index (χ4n) is 3.44. The summed E-state index contributed by atoms with van der Waals surface area (Å²) < 4.78 is 0.555. The number of benzene rings is 1. The van der Waals surface area contributed by atoms with Crippen LogP contribution in [0.2, 0.25) is 0 Å². The van der Waals surface area contributed by atoms with Crippen LogP contribution in [0.25, 0.3) is 29.0 Å². The molecule has 0 aliphatic carbocycles. The number of nitrogens with one attached hydrogen (secondary N) is 3. The van der Waals surface area contributed by atoms with Crippen LogP contribution in [0, 0.1) is 18.5 Å². The number of hydrogen-bond donors (Lipinski definition) is 5. The van der Waals surface area contributed by atoms with Crippen LogP contribution in [-0.4, -0.2) is 25.4 Å². The van der Waals surface area contributed by atoms with E-state index in [2.05, 4.69) is 34.8 Å². The Morgan fingerprint density at radius 3 is 2.54 bits per heavy atom. The largest absolute Gasteiger partial charge is 0.508 e. The zero-order chi connectivity index (χ0) is 20.6. The average Bonchev–Trinajstić information content (AvgIpc) is 3.16. The molecule has 0 bridgehead atoms. The highest BCUT2D eigenvalue weighted by atomic mass is 32.1. The van der Waals surface area contributed by atoms with E-state index < -0.39 is 0 Å². The zero-order valence-corrected chi connectivity index (χ0v) is 17.3. The lowest BCUT2D eigenvalue weighted by atomic mass is 9.97. The summed E-state index contributed by atoms with van der Waals surface area (Å²) >= 11 is 5.51. The minimum atomic E-state index is -0.00514. The Balaban J connectivity index is 2.20. The molecule has 0 amide bonds. The van der Waals surface area contributed by atoms with Crippen molar-refractivity contribution in [2.45, 2.75) is 34.1 Å². The van der Waals surface area contributed by atoms with Gasteiger partial charge in [0.25, 0.3) is 0 Å². The molecule has 5 nitrogen and oxygen atoms in total. The first-order chi connectivity index (χ1) is 13.3. The van der Waals surface area contributed by atoms with Crippen molar-refractivity contribution in [1.82, 2.24) is 15.2 Å². The summed E-state index contributed by atoms with van der Waals surface area (Å²) in [6.07, 6.45) is 4.53. The first-order valence-corrected chi connectivity index (χ1v) is 9.55. The number of H-pyrrole nitrogens is 3. The van der Waals surface area contributed by atoms with Crippen LogP contribution in [0.3, 0.4) is 0 Å². The van der Waals surface area contributed by atoms with Gasteiger partial charge < -0.3 is 15.2 Å². The number of rotatable bonds is 5. The van der Waals surface area contributed by atoms with Gasteiger partial charge in [0.1, 0.15) is 16.1 Å². The van der Waals surface area contributed by atoms with Crippen molar-refractivity contribution in [3.8, 4) is 22.8 Å². The highest BCUT2D eigenvalue weighted by molar-refractivity contribution is 7.71. The van der Waals surface area contributed by atoms with Gasteiger partial charge in [-0.25, -0.2) is 0 Å². The highest BCUT2D eigenvalue weighted by Crippen LogP contribution is 2.38. The Hall–Kier alpha value is -2.99. The number of aromatic amines is 3. The molecule has 0 saturated heterocycles. The third-order valence-corrected chi connectivity index (χ3v) is 5.47. The van der Waals surface area contributed by atoms with Gasteiger partial charge in [-0.05, 0) is 62.1 Å². The molecule has 6 heteroatoms. The number of phenolic OH excluding ortho intramolecular Hbond substituents is 2. The van der Waals surface area contributed by atoms with Crippen molar-refractivity contribution in [1.29, 1.82) is 0 Å². The lowest BCUT2D eigenvalue weighted by Crippen LogP contribution is -1.90. The molecule has 28 heavy (non-hydrogen) atoms. The maximum atomic E-state index is 10.4. The molecule has 0 fully saturated rings. The van der Waals surface area contributed by atoms with Gasteiger partial charge in [-0.2, -0.15) is 0 Å². The maximum absolute atomic E-state index is 10.4. The van der Waals surface area contributed by atoms with E-state index in [1.165, 1.54) is 6.07 Å². The molecule has 2 aromatic heterocycles. The summed E-state index contributed by atoms with van der Waals surface area (Å²) in [6.45, 7) is 11.9. The Labute approximate surface area is 169 Å². The van der Waals surface area contributed by atoms with Crippen molar-refractivity contribution in [3.05, 3.63) is 57.0 Å². The van der Waals surface area contributed by atoms with Crippen LogP contribution in [-0.2, 0) is 6.42 Å². The number of aromatic nitrogens is 3. The first kappa shape index (κ1) is 19.8. The quantitative estimate of drug-likeness (QED) is 0.351. The number of aryl methyl sites for hydroxylation is 2. The average molecular weight is 396 g/mol. The summed E-state index contributed by atoms with van der Waals surface area (Å²) in [6, 6.07) is 3.16. The zero-order valence-electron chi connectivity index (χ0n) is 16.5. The van der Waals surface area contributed by atoms with Gasteiger partial charge in [0.2, 0.25) is 0 Å². The van der Waals surface area contributed by atoms with Crippen molar-refractivity contribution < 1.29 is 10.2 Å². The highest BCUT2D eigenvalue weighted by Gasteiger charge is 2.18. The van der Waals surface area contributed by atoms with Gasteiger partial charge in [-0.3, -0.25) is 10.2 Å². The molecule has 0 aliphatic rings. The van der Waals surface area contributed by atoms with Crippen LogP contribution in [0.1, 0.15) is 47.5 Å². The van der Waals surface area contributed by atoms with E-state index >= 15 is 0 Å². The lowest BCUT2D eigenvalue weighted by Gasteiger charge is -2.10. The first-order valence-electron chi connectivity index (χ1n) is 9.14. The summed E-state index contributed by atoms with van der Waals surface area (Å²) in [5, 5.41) is 26.5. The third-order valence-electron chi connectivity index (χ3n) is 5.16. The smallest absolute Gasteiger partial charge is 0.128 e. The van der Waals surface area contributed by atoms with E-state index in [-0.39, 0.29) is 11.5 Å². The molecule has 0 radical (unpaired) electrons.